The maximum atomic E-state index is 5.91. The number of hydrogen-bond donors (Lipinski definition) is 1. The van der Waals surface area contributed by atoms with Gasteiger partial charge >= 0.3 is 0 Å². The normalized spacial score (nSPS) is 12.3. The maximum Gasteiger partial charge on any atom is 0.0266 e. The van der Waals surface area contributed by atoms with Crippen molar-refractivity contribution < 1.29 is 0 Å². The molecule has 2 heteroatoms. The lowest BCUT2D eigenvalue weighted by molar-refractivity contribution is 0.801. The Labute approximate surface area is 126 Å². The van der Waals surface area contributed by atoms with E-state index in [2.05, 4.69) is 54.6 Å². The van der Waals surface area contributed by atoms with E-state index in [1.807, 2.05) is 18.7 Å². The summed E-state index contributed by atoms with van der Waals surface area (Å²) in [4.78, 5) is 1.33. The Morgan fingerprint density at radius 1 is 1.00 bits per heavy atom. The van der Waals surface area contributed by atoms with Crippen LogP contribution < -0.4 is 5.73 Å². The number of aryl methyl sites for hydroxylation is 1. The summed E-state index contributed by atoms with van der Waals surface area (Å²) in [5, 5.41) is 0. The van der Waals surface area contributed by atoms with Crippen molar-refractivity contribution in [3.05, 3.63) is 65.7 Å². The van der Waals surface area contributed by atoms with Crippen LogP contribution in [0.15, 0.2) is 59.5 Å². The van der Waals surface area contributed by atoms with Crippen LogP contribution >= 0.6 is 11.8 Å². The first-order valence-corrected chi connectivity index (χ1v) is 8.26. The van der Waals surface area contributed by atoms with Crippen molar-refractivity contribution in [2.75, 3.05) is 5.75 Å². The van der Waals surface area contributed by atoms with Gasteiger partial charge in [-0.3, -0.25) is 0 Å². The van der Waals surface area contributed by atoms with E-state index in [4.69, 9.17) is 5.73 Å². The van der Waals surface area contributed by atoms with Crippen molar-refractivity contribution in [1.29, 1.82) is 0 Å². The SMILES string of the molecule is CC(N)c1cccc(SCCCCc2ccccc2)c1. The fraction of sp³-hybridized carbons (Fsp3) is 0.333. The molecule has 0 bridgehead atoms. The quantitative estimate of drug-likeness (QED) is 0.583. The average molecular weight is 285 g/mol. The standard InChI is InChI=1S/C18H23NS/c1-15(19)17-11-7-12-18(14-17)20-13-6-5-10-16-8-3-2-4-9-16/h2-4,7-9,11-12,14-15H,5-6,10,13,19H2,1H3. The van der Waals surface area contributed by atoms with Crippen molar-refractivity contribution in [1.82, 2.24) is 0 Å². The summed E-state index contributed by atoms with van der Waals surface area (Å²) in [6.45, 7) is 2.03. The molecule has 20 heavy (non-hydrogen) atoms. The van der Waals surface area contributed by atoms with Crippen LogP contribution in [-0.4, -0.2) is 5.75 Å². The molecule has 0 heterocycles. The molecule has 0 spiro atoms. The van der Waals surface area contributed by atoms with Gasteiger partial charge < -0.3 is 5.73 Å². The molecule has 0 aliphatic heterocycles. The van der Waals surface area contributed by atoms with Crippen LogP contribution in [0.5, 0.6) is 0 Å². The lowest BCUT2D eigenvalue weighted by atomic mass is 10.1. The average Bonchev–Trinajstić information content (AvgIpc) is 2.48. The maximum absolute atomic E-state index is 5.91. The van der Waals surface area contributed by atoms with Gasteiger partial charge in [0.1, 0.15) is 0 Å². The molecule has 2 aromatic rings. The summed E-state index contributed by atoms with van der Waals surface area (Å²) in [7, 11) is 0. The fourth-order valence-electron chi connectivity index (χ4n) is 2.15. The van der Waals surface area contributed by atoms with E-state index in [0.717, 1.165) is 0 Å². The Hall–Kier alpha value is -1.25. The van der Waals surface area contributed by atoms with Crippen molar-refractivity contribution in [2.24, 2.45) is 5.73 Å². The molecule has 0 fully saturated rings. The van der Waals surface area contributed by atoms with Gasteiger partial charge in [0.05, 0.1) is 0 Å². The Morgan fingerprint density at radius 3 is 2.55 bits per heavy atom. The highest BCUT2D eigenvalue weighted by Gasteiger charge is 2.01. The molecule has 0 saturated heterocycles. The summed E-state index contributed by atoms with van der Waals surface area (Å²) in [6, 6.07) is 19.4. The van der Waals surface area contributed by atoms with Crippen LogP contribution in [0.2, 0.25) is 0 Å². The molecule has 0 aromatic heterocycles. The van der Waals surface area contributed by atoms with E-state index in [-0.39, 0.29) is 6.04 Å². The number of nitrogens with two attached hydrogens (primary N) is 1. The minimum atomic E-state index is 0.119. The predicted octanol–water partition coefficient (Wildman–Crippen LogP) is 4.82. The number of hydrogen-bond acceptors (Lipinski definition) is 2. The zero-order valence-corrected chi connectivity index (χ0v) is 12.9. The molecule has 1 nitrogen and oxygen atoms in total. The Kier molecular flexibility index (Phi) is 6.16. The lowest BCUT2D eigenvalue weighted by Crippen LogP contribution is -2.04. The van der Waals surface area contributed by atoms with E-state index in [1.165, 1.54) is 41.0 Å². The molecular formula is C18H23NS. The molecule has 1 atom stereocenters. The van der Waals surface area contributed by atoms with E-state index in [0.29, 0.717) is 0 Å². The molecule has 2 aromatic carbocycles. The van der Waals surface area contributed by atoms with Gasteiger partial charge in [-0.2, -0.15) is 0 Å². The highest BCUT2D eigenvalue weighted by Crippen LogP contribution is 2.22. The zero-order chi connectivity index (χ0) is 14.2. The van der Waals surface area contributed by atoms with Gasteiger partial charge in [-0.25, -0.2) is 0 Å². The first-order chi connectivity index (χ1) is 9.75. The molecule has 0 saturated carbocycles. The fourth-order valence-corrected chi connectivity index (χ4v) is 3.13. The van der Waals surface area contributed by atoms with Crippen LogP contribution in [-0.2, 0) is 6.42 Å². The second-order valence-electron chi connectivity index (χ2n) is 5.15. The molecule has 106 valence electrons. The summed E-state index contributed by atoms with van der Waals surface area (Å²) in [5.41, 5.74) is 8.58. The van der Waals surface area contributed by atoms with Crippen LogP contribution in [0.1, 0.15) is 36.9 Å². The Bertz CT molecular complexity index is 508. The van der Waals surface area contributed by atoms with Gasteiger partial charge in [-0.15, -0.1) is 11.8 Å². The van der Waals surface area contributed by atoms with E-state index < -0.39 is 0 Å². The largest absolute Gasteiger partial charge is 0.324 e. The third-order valence-electron chi connectivity index (χ3n) is 3.36. The number of unbranched alkanes of at least 4 members (excludes halogenated alkanes) is 1. The minimum Gasteiger partial charge on any atom is -0.324 e. The van der Waals surface area contributed by atoms with Gasteiger partial charge in [0.15, 0.2) is 0 Å². The summed E-state index contributed by atoms with van der Waals surface area (Å²) >= 11 is 1.93. The molecule has 0 amide bonds. The third kappa shape index (κ3) is 5.03. The third-order valence-corrected chi connectivity index (χ3v) is 4.44. The molecule has 1 unspecified atom stereocenters. The summed E-state index contributed by atoms with van der Waals surface area (Å²) in [6.07, 6.45) is 3.69. The van der Waals surface area contributed by atoms with E-state index >= 15 is 0 Å². The van der Waals surface area contributed by atoms with Gasteiger partial charge in [-0.1, -0.05) is 42.5 Å². The Morgan fingerprint density at radius 2 is 1.80 bits per heavy atom. The molecule has 0 aliphatic carbocycles. The highest BCUT2D eigenvalue weighted by atomic mass is 32.2. The topological polar surface area (TPSA) is 26.0 Å². The molecule has 0 aliphatic rings. The molecule has 0 radical (unpaired) electrons. The van der Waals surface area contributed by atoms with Crippen molar-refractivity contribution in [3.63, 3.8) is 0 Å². The number of rotatable bonds is 7. The Balaban J connectivity index is 1.69. The summed E-state index contributed by atoms with van der Waals surface area (Å²) < 4.78 is 0. The van der Waals surface area contributed by atoms with Crippen molar-refractivity contribution >= 4 is 11.8 Å². The molecule has 2 N–H and O–H groups in total. The summed E-state index contributed by atoms with van der Waals surface area (Å²) in [5.74, 6) is 1.18. The molecule has 2 rings (SSSR count). The van der Waals surface area contributed by atoms with Gasteiger partial charge in [0.2, 0.25) is 0 Å². The van der Waals surface area contributed by atoms with Gasteiger partial charge in [0.25, 0.3) is 0 Å². The number of thioether (sulfide) groups is 1. The van der Waals surface area contributed by atoms with Crippen LogP contribution in [0.25, 0.3) is 0 Å². The first kappa shape index (κ1) is 15.1. The number of benzene rings is 2. The van der Waals surface area contributed by atoms with E-state index in [1.54, 1.807) is 0 Å². The minimum absolute atomic E-state index is 0.119. The van der Waals surface area contributed by atoms with Gasteiger partial charge in [0, 0.05) is 10.9 Å². The smallest absolute Gasteiger partial charge is 0.0266 e. The predicted molar refractivity (Wildman–Crippen MR) is 89.1 cm³/mol. The van der Waals surface area contributed by atoms with Gasteiger partial charge in [-0.05, 0) is 55.2 Å². The van der Waals surface area contributed by atoms with Crippen LogP contribution in [0.4, 0.5) is 0 Å². The lowest BCUT2D eigenvalue weighted by Gasteiger charge is -2.08. The van der Waals surface area contributed by atoms with Crippen LogP contribution in [0.3, 0.4) is 0 Å². The van der Waals surface area contributed by atoms with Crippen LogP contribution in [0, 0.1) is 0 Å². The first-order valence-electron chi connectivity index (χ1n) is 7.28. The highest BCUT2D eigenvalue weighted by molar-refractivity contribution is 7.99. The van der Waals surface area contributed by atoms with E-state index in [9.17, 15) is 0 Å². The monoisotopic (exact) mass is 285 g/mol. The second kappa shape index (κ2) is 8.13. The van der Waals surface area contributed by atoms with Crippen molar-refractivity contribution in [2.45, 2.75) is 37.1 Å². The molecular weight excluding hydrogens is 262 g/mol. The zero-order valence-electron chi connectivity index (χ0n) is 12.1. The van der Waals surface area contributed by atoms with Crippen molar-refractivity contribution in [3.8, 4) is 0 Å². The second-order valence-corrected chi connectivity index (χ2v) is 6.32.